The zero-order valence-electron chi connectivity index (χ0n) is 38.1. The summed E-state index contributed by atoms with van der Waals surface area (Å²) in [6, 6.07) is 0. The zero-order chi connectivity index (χ0) is 41.4. The molecule has 340 valence electrons. The zero-order valence-corrected chi connectivity index (χ0v) is 39.0. The Morgan fingerprint density at radius 1 is 0.439 bits per heavy atom. The summed E-state index contributed by atoms with van der Waals surface area (Å²) in [7, 11) is -4.15. The highest BCUT2D eigenvalue weighted by Crippen LogP contribution is 2.43. The van der Waals surface area contributed by atoms with Gasteiger partial charge in [-0.2, -0.15) is 0 Å². The predicted molar refractivity (Wildman–Crippen MR) is 247 cm³/mol. The van der Waals surface area contributed by atoms with Gasteiger partial charge in [0.2, 0.25) is 0 Å². The lowest BCUT2D eigenvalue weighted by atomic mass is 10.1. The van der Waals surface area contributed by atoms with Crippen molar-refractivity contribution in [2.45, 2.75) is 251 Å². The van der Waals surface area contributed by atoms with Crippen molar-refractivity contribution >= 4 is 7.82 Å². The lowest BCUT2D eigenvalue weighted by Crippen LogP contribution is -2.26. The molecule has 0 aromatic rings. The molecule has 0 spiro atoms. The molecule has 57 heavy (non-hydrogen) atoms. The highest BCUT2D eigenvalue weighted by molar-refractivity contribution is 7.47. The number of unbranched alkanes of at least 4 members (excludes halogenated alkanes) is 32. The lowest BCUT2D eigenvalue weighted by Gasteiger charge is -2.20. The largest absolute Gasteiger partial charge is 0.472 e. The first-order chi connectivity index (χ1) is 28.1. The Kier molecular flexibility index (Phi) is 47.7. The first-order valence-corrected chi connectivity index (χ1v) is 26.4. The van der Waals surface area contributed by atoms with Crippen LogP contribution in [0.2, 0.25) is 0 Å². The molecule has 0 radical (unpaired) electrons. The van der Waals surface area contributed by atoms with Crippen molar-refractivity contribution in [3.8, 4) is 0 Å². The summed E-state index contributed by atoms with van der Waals surface area (Å²) in [5, 5.41) is 0. The van der Waals surface area contributed by atoms with Crippen molar-refractivity contribution in [3.63, 3.8) is 0 Å². The van der Waals surface area contributed by atoms with Crippen molar-refractivity contribution < 1.29 is 28.0 Å². The third-order valence-electron chi connectivity index (χ3n) is 10.9. The SMILES string of the molecule is CCCCCCCC/C=C\CCCCCCCCCCCCOC[C@H](COP(=O)(O)OCCN)OCCCCCCCCCCCC/C=C\CCCCCCCC. The molecule has 0 aliphatic rings. The van der Waals surface area contributed by atoms with Crippen LogP contribution < -0.4 is 5.73 Å². The first kappa shape index (κ1) is 56.5. The van der Waals surface area contributed by atoms with Crippen LogP contribution in [0.3, 0.4) is 0 Å². The van der Waals surface area contributed by atoms with Crippen LogP contribution in [-0.2, 0) is 23.1 Å². The average Bonchev–Trinajstić information content (AvgIpc) is 3.21. The van der Waals surface area contributed by atoms with E-state index in [0.29, 0.717) is 19.8 Å². The molecular weight excluding hydrogens is 730 g/mol. The van der Waals surface area contributed by atoms with E-state index in [-0.39, 0.29) is 19.8 Å². The second-order valence-electron chi connectivity index (χ2n) is 16.7. The van der Waals surface area contributed by atoms with E-state index >= 15 is 0 Å². The topological polar surface area (TPSA) is 100 Å². The van der Waals surface area contributed by atoms with Gasteiger partial charge in [-0.15, -0.1) is 0 Å². The fraction of sp³-hybridized carbons (Fsp3) is 0.918. The van der Waals surface area contributed by atoms with Gasteiger partial charge in [-0.3, -0.25) is 9.05 Å². The summed E-state index contributed by atoms with van der Waals surface area (Å²) in [5.41, 5.74) is 5.41. The van der Waals surface area contributed by atoms with Crippen LogP contribution in [0.4, 0.5) is 0 Å². The smallest absolute Gasteiger partial charge is 0.379 e. The third kappa shape index (κ3) is 48.0. The van der Waals surface area contributed by atoms with Crippen LogP contribution in [0, 0.1) is 0 Å². The standard InChI is InChI=1S/C49H98NO6P/c1-3-5-7-9-11-13-15-17-19-21-23-25-27-29-31-33-35-37-39-41-44-53-47-49(48-56-57(51,52)55-46-43-50)54-45-42-40-38-36-34-32-30-28-26-24-22-20-18-16-14-12-10-8-6-4-2/h17-20,49H,3-16,21-48,50H2,1-2H3,(H,51,52)/b19-17-,20-18-/t49-/m1/s1. The van der Waals surface area contributed by atoms with E-state index in [1.54, 1.807) is 0 Å². The second kappa shape index (κ2) is 48.1. The highest BCUT2D eigenvalue weighted by Gasteiger charge is 2.23. The summed E-state index contributed by atoms with van der Waals surface area (Å²) in [6.45, 7) is 6.27. The van der Waals surface area contributed by atoms with Gasteiger partial charge in [-0.05, 0) is 64.2 Å². The average molecular weight is 828 g/mol. The molecule has 0 fully saturated rings. The molecule has 0 heterocycles. The number of nitrogens with two attached hydrogens (primary N) is 1. The van der Waals surface area contributed by atoms with Gasteiger partial charge >= 0.3 is 7.82 Å². The van der Waals surface area contributed by atoms with Gasteiger partial charge in [0.25, 0.3) is 0 Å². The molecule has 0 amide bonds. The summed E-state index contributed by atoms with van der Waals surface area (Å²) in [5.74, 6) is 0. The van der Waals surface area contributed by atoms with Crippen molar-refractivity contribution in [1.29, 1.82) is 0 Å². The third-order valence-corrected chi connectivity index (χ3v) is 11.9. The van der Waals surface area contributed by atoms with E-state index in [4.69, 9.17) is 24.3 Å². The Hall–Kier alpha value is -0.530. The minimum absolute atomic E-state index is 0.0238. The molecule has 0 saturated carbocycles. The summed E-state index contributed by atoms with van der Waals surface area (Å²) < 4.78 is 34.3. The van der Waals surface area contributed by atoms with E-state index in [0.717, 1.165) is 19.3 Å². The van der Waals surface area contributed by atoms with Crippen molar-refractivity contribution in [3.05, 3.63) is 24.3 Å². The van der Waals surface area contributed by atoms with Crippen molar-refractivity contribution in [2.75, 3.05) is 39.6 Å². The van der Waals surface area contributed by atoms with E-state index in [9.17, 15) is 9.46 Å². The van der Waals surface area contributed by atoms with Gasteiger partial charge in [-0.25, -0.2) is 4.57 Å². The Morgan fingerprint density at radius 2 is 0.772 bits per heavy atom. The molecule has 0 rings (SSSR count). The molecule has 0 saturated heterocycles. The molecule has 3 N–H and O–H groups in total. The first-order valence-electron chi connectivity index (χ1n) is 24.9. The number of phosphoric acid groups is 1. The predicted octanol–water partition coefficient (Wildman–Crippen LogP) is 15.7. The molecular formula is C49H98NO6P. The molecule has 1 unspecified atom stereocenters. The number of rotatable bonds is 49. The Labute approximate surface area is 355 Å². The van der Waals surface area contributed by atoms with Crippen molar-refractivity contribution in [2.24, 2.45) is 5.73 Å². The monoisotopic (exact) mass is 828 g/mol. The van der Waals surface area contributed by atoms with Crippen LogP contribution in [0.1, 0.15) is 245 Å². The van der Waals surface area contributed by atoms with Crippen molar-refractivity contribution in [1.82, 2.24) is 0 Å². The molecule has 2 atom stereocenters. The number of hydrogen-bond donors (Lipinski definition) is 2. The molecule has 0 bridgehead atoms. The van der Waals surface area contributed by atoms with Crippen LogP contribution >= 0.6 is 7.82 Å². The summed E-state index contributed by atoms with van der Waals surface area (Å²) >= 11 is 0. The molecule has 0 aliphatic heterocycles. The van der Waals surface area contributed by atoms with Crippen LogP contribution in [0.25, 0.3) is 0 Å². The lowest BCUT2D eigenvalue weighted by molar-refractivity contribution is -0.0443. The van der Waals surface area contributed by atoms with Gasteiger partial charge < -0.3 is 20.1 Å². The normalized spacial score (nSPS) is 13.7. The minimum atomic E-state index is -4.15. The molecule has 0 aliphatic carbocycles. The van der Waals surface area contributed by atoms with Gasteiger partial charge in [0.1, 0.15) is 6.10 Å². The number of allylic oxidation sites excluding steroid dienone is 4. The Balaban J connectivity index is 3.83. The highest BCUT2D eigenvalue weighted by atomic mass is 31.2. The molecule has 0 aromatic heterocycles. The van der Waals surface area contributed by atoms with Gasteiger partial charge in [-0.1, -0.05) is 205 Å². The van der Waals surface area contributed by atoms with E-state index in [2.05, 4.69) is 38.2 Å². The fourth-order valence-corrected chi connectivity index (χ4v) is 7.97. The second-order valence-corrected chi connectivity index (χ2v) is 18.1. The van der Waals surface area contributed by atoms with Crippen LogP contribution in [-0.4, -0.2) is 50.6 Å². The number of ether oxygens (including phenoxy) is 2. The molecule has 7 nitrogen and oxygen atoms in total. The maximum atomic E-state index is 12.2. The Morgan fingerprint density at radius 3 is 1.14 bits per heavy atom. The quantitative estimate of drug-likeness (QED) is 0.0358. The fourth-order valence-electron chi connectivity index (χ4n) is 7.21. The summed E-state index contributed by atoms with van der Waals surface area (Å²) in [6.07, 6.45) is 56.4. The van der Waals surface area contributed by atoms with Gasteiger partial charge in [0.15, 0.2) is 0 Å². The number of hydrogen-bond acceptors (Lipinski definition) is 6. The van der Waals surface area contributed by atoms with Gasteiger partial charge in [0.05, 0.1) is 19.8 Å². The summed E-state index contributed by atoms with van der Waals surface area (Å²) in [4.78, 5) is 9.95. The van der Waals surface area contributed by atoms with E-state index in [1.165, 1.54) is 212 Å². The number of phosphoric ester groups is 1. The van der Waals surface area contributed by atoms with Crippen LogP contribution in [0.5, 0.6) is 0 Å². The van der Waals surface area contributed by atoms with Gasteiger partial charge in [0, 0.05) is 19.8 Å². The van der Waals surface area contributed by atoms with E-state index in [1.807, 2.05) is 0 Å². The van der Waals surface area contributed by atoms with E-state index < -0.39 is 13.9 Å². The Bertz CT molecular complexity index is 871. The molecule has 8 heteroatoms. The minimum Gasteiger partial charge on any atom is -0.379 e. The van der Waals surface area contributed by atoms with Crippen LogP contribution in [0.15, 0.2) is 24.3 Å². The maximum absolute atomic E-state index is 12.2. The molecule has 0 aromatic carbocycles. The maximum Gasteiger partial charge on any atom is 0.472 e.